The third-order valence-corrected chi connectivity index (χ3v) is 8.56. The summed E-state index contributed by atoms with van der Waals surface area (Å²) in [5.41, 5.74) is 9.53. The standard InChI is InChI=1S/C32H33N5O3/c1-17-12-18(2)35-32(40)27(17)16-33-31(39)25-15-22(14-24(19(25)3)28-10-11-34-36(28)5)21-6-7-23-26(13-21)30-9-8-29(23)37(30)20(4)38/h6-7,10-15,29-30H,8-9,16H2,1-5H3,(H,33,39)(H,35,40). The maximum Gasteiger partial charge on any atom is 0.253 e. The number of hydrogen-bond acceptors (Lipinski definition) is 4. The molecule has 0 aliphatic carbocycles. The Kier molecular flexibility index (Phi) is 6.21. The highest BCUT2D eigenvalue weighted by atomic mass is 16.2. The lowest BCUT2D eigenvalue weighted by atomic mass is 9.87. The molecule has 2 aromatic heterocycles. The van der Waals surface area contributed by atoms with Gasteiger partial charge >= 0.3 is 0 Å². The number of benzene rings is 2. The molecule has 1 fully saturated rings. The Labute approximate surface area is 233 Å². The summed E-state index contributed by atoms with van der Waals surface area (Å²) in [5.74, 6) is -0.134. The van der Waals surface area contributed by atoms with Crippen molar-refractivity contribution in [2.45, 2.75) is 59.2 Å². The van der Waals surface area contributed by atoms with E-state index in [0.717, 1.165) is 52.0 Å². The highest BCUT2D eigenvalue weighted by Gasteiger charge is 2.45. The van der Waals surface area contributed by atoms with Gasteiger partial charge in [0.05, 0.1) is 17.8 Å². The van der Waals surface area contributed by atoms with Crippen LogP contribution in [0.2, 0.25) is 0 Å². The number of hydrogen-bond donors (Lipinski definition) is 2. The first kappa shape index (κ1) is 25.8. The Morgan fingerprint density at radius 1 is 1.00 bits per heavy atom. The summed E-state index contributed by atoms with van der Waals surface area (Å²) >= 11 is 0. The predicted octanol–water partition coefficient (Wildman–Crippen LogP) is 5.04. The minimum absolute atomic E-state index is 0.109. The molecule has 2 unspecified atom stereocenters. The molecule has 4 aromatic rings. The maximum atomic E-state index is 13.6. The van der Waals surface area contributed by atoms with Crippen LogP contribution in [0, 0.1) is 20.8 Å². The summed E-state index contributed by atoms with van der Waals surface area (Å²) in [6.45, 7) is 7.44. The van der Waals surface area contributed by atoms with Gasteiger partial charge in [0.25, 0.3) is 11.5 Å². The van der Waals surface area contributed by atoms with Crippen molar-refractivity contribution in [3.63, 3.8) is 0 Å². The largest absolute Gasteiger partial charge is 0.348 e. The van der Waals surface area contributed by atoms with Crippen molar-refractivity contribution in [2.75, 3.05) is 0 Å². The molecule has 2 bridgehead atoms. The third-order valence-electron chi connectivity index (χ3n) is 8.56. The molecule has 40 heavy (non-hydrogen) atoms. The summed E-state index contributed by atoms with van der Waals surface area (Å²) in [6.07, 6.45) is 3.72. The zero-order chi connectivity index (χ0) is 28.3. The topological polar surface area (TPSA) is 100 Å². The average molecular weight is 536 g/mol. The number of H-pyrrole nitrogens is 1. The second-order valence-electron chi connectivity index (χ2n) is 11.0. The fourth-order valence-electron chi connectivity index (χ4n) is 6.59. The lowest BCUT2D eigenvalue weighted by molar-refractivity contribution is -0.131. The first-order valence-corrected chi connectivity index (χ1v) is 13.7. The van der Waals surface area contributed by atoms with E-state index in [4.69, 9.17) is 0 Å². The molecular formula is C32H33N5O3. The maximum absolute atomic E-state index is 13.6. The number of fused-ring (bicyclic) bond motifs is 5. The number of aromatic nitrogens is 3. The summed E-state index contributed by atoms with van der Waals surface area (Å²) in [6, 6.07) is 14.6. The molecular weight excluding hydrogens is 502 g/mol. The van der Waals surface area contributed by atoms with Crippen LogP contribution in [0.4, 0.5) is 0 Å². The monoisotopic (exact) mass is 535 g/mol. The van der Waals surface area contributed by atoms with Crippen molar-refractivity contribution in [3.05, 3.63) is 98.1 Å². The van der Waals surface area contributed by atoms with E-state index in [2.05, 4.69) is 39.7 Å². The quantitative estimate of drug-likeness (QED) is 0.374. The van der Waals surface area contributed by atoms with Gasteiger partial charge in [0.1, 0.15) is 0 Å². The number of rotatable bonds is 5. The summed E-state index contributed by atoms with van der Waals surface area (Å²) in [5, 5.41) is 7.33. The molecule has 2 atom stereocenters. The first-order chi connectivity index (χ1) is 19.1. The zero-order valence-electron chi connectivity index (χ0n) is 23.5. The minimum atomic E-state index is -0.245. The number of nitrogens with one attached hydrogen (secondary N) is 2. The van der Waals surface area contributed by atoms with Crippen LogP contribution in [0.3, 0.4) is 0 Å². The Hall–Kier alpha value is -4.46. The van der Waals surface area contributed by atoms with Gasteiger partial charge < -0.3 is 15.2 Å². The van der Waals surface area contributed by atoms with Crippen molar-refractivity contribution in [1.29, 1.82) is 0 Å². The van der Waals surface area contributed by atoms with E-state index in [1.807, 2.05) is 50.9 Å². The summed E-state index contributed by atoms with van der Waals surface area (Å²) < 4.78 is 1.80. The van der Waals surface area contributed by atoms with Crippen molar-refractivity contribution < 1.29 is 9.59 Å². The normalized spacial score (nSPS) is 17.3. The van der Waals surface area contributed by atoms with Crippen LogP contribution in [0.1, 0.15) is 75.7 Å². The number of aromatic amines is 1. The van der Waals surface area contributed by atoms with Gasteiger partial charge in [-0.15, -0.1) is 0 Å². The molecule has 2 aliphatic heterocycles. The number of carbonyl (C=O) groups excluding carboxylic acids is 2. The molecule has 0 radical (unpaired) electrons. The van der Waals surface area contributed by atoms with Gasteiger partial charge in [-0.3, -0.25) is 19.1 Å². The number of nitrogens with zero attached hydrogens (tertiary/aromatic N) is 3. The molecule has 2 aromatic carbocycles. The Morgan fingerprint density at radius 3 is 2.42 bits per heavy atom. The lowest BCUT2D eigenvalue weighted by Crippen LogP contribution is -2.28. The van der Waals surface area contributed by atoms with Gasteiger partial charge in [-0.25, -0.2) is 0 Å². The van der Waals surface area contributed by atoms with E-state index < -0.39 is 0 Å². The average Bonchev–Trinajstić information content (AvgIpc) is 3.62. The van der Waals surface area contributed by atoms with Crippen LogP contribution in [0.25, 0.3) is 22.4 Å². The predicted molar refractivity (Wildman–Crippen MR) is 154 cm³/mol. The molecule has 1 saturated heterocycles. The fraction of sp³-hybridized carbons (Fsp3) is 0.312. The number of carbonyl (C=O) groups is 2. The van der Waals surface area contributed by atoms with Crippen LogP contribution in [-0.4, -0.2) is 31.5 Å². The molecule has 6 rings (SSSR count). The van der Waals surface area contributed by atoms with E-state index in [0.29, 0.717) is 11.1 Å². The van der Waals surface area contributed by atoms with Gasteiger partial charge in [-0.1, -0.05) is 12.1 Å². The van der Waals surface area contributed by atoms with Crippen LogP contribution in [0.15, 0.2) is 53.5 Å². The highest BCUT2D eigenvalue weighted by Crippen LogP contribution is 2.53. The zero-order valence-corrected chi connectivity index (χ0v) is 23.5. The van der Waals surface area contributed by atoms with E-state index >= 15 is 0 Å². The van der Waals surface area contributed by atoms with Gasteiger partial charge in [-0.2, -0.15) is 5.10 Å². The van der Waals surface area contributed by atoms with Crippen molar-refractivity contribution in [3.8, 4) is 22.4 Å². The fourth-order valence-corrected chi connectivity index (χ4v) is 6.59. The molecule has 0 saturated carbocycles. The van der Waals surface area contributed by atoms with Crippen molar-refractivity contribution >= 4 is 11.8 Å². The smallest absolute Gasteiger partial charge is 0.253 e. The molecule has 2 aliphatic rings. The lowest BCUT2D eigenvalue weighted by Gasteiger charge is -2.20. The molecule has 204 valence electrons. The number of pyridine rings is 1. The van der Waals surface area contributed by atoms with Crippen LogP contribution >= 0.6 is 0 Å². The number of amides is 2. The molecule has 0 spiro atoms. The molecule has 8 heteroatoms. The minimum Gasteiger partial charge on any atom is -0.348 e. The Balaban J connectivity index is 1.41. The Bertz CT molecular complexity index is 1750. The van der Waals surface area contributed by atoms with E-state index in [1.54, 1.807) is 17.8 Å². The molecule has 2 amide bonds. The van der Waals surface area contributed by atoms with Crippen molar-refractivity contribution in [1.82, 2.24) is 25.0 Å². The van der Waals surface area contributed by atoms with E-state index in [1.165, 1.54) is 11.1 Å². The molecule has 8 nitrogen and oxygen atoms in total. The van der Waals surface area contributed by atoms with Gasteiger partial charge in [0.15, 0.2) is 0 Å². The van der Waals surface area contributed by atoms with Crippen LogP contribution < -0.4 is 10.9 Å². The third kappa shape index (κ3) is 4.15. The SMILES string of the molecule is CC(=O)N1C2CCC1c1cc(-c3cc(C(=O)NCc4c(C)cc(C)[nH]c4=O)c(C)c(-c4ccnn4C)c3)ccc12. The van der Waals surface area contributed by atoms with E-state index in [-0.39, 0.29) is 36.0 Å². The Morgan fingerprint density at radius 2 is 1.75 bits per heavy atom. The highest BCUT2D eigenvalue weighted by molar-refractivity contribution is 5.99. The summed E-state index contributed by atoms with van der Waals surface area (Å²) in [4.78, 5) is 43.4. The first-order valence-electron chi connectivity index (χ1n) is 13.7. The molecule has 4 heterocycles. The van der Waals surface area contributed by atoms with Crippen LogP contribution in [-0.2, 0) is 18.4 Å². The van der Waals surface area contributed by atoms with Gasteiger partial charge in [0, 0.05) is 49.1 Å². The summed E-state index contributed by atoms with van der Waals surface area (Å²) in [7, 11) is 1.89. The second-order valence-corrected chi connectivity index (χ2v) is 11.0. The van der Waals surface area contributed by atoms with Crippen molar-refractivity contribution in [2.24, 2.45) is 7.05 Å². The number of aryl methyl sites for hydroxylation is 3. The molecule has 2 N–H and O–H groups in total. The second kappa shape index (κ2) is 9.62. The van der Waals surface area contributed by atoms with Crippen LogP contribution in [0.5, 0.6) is 0 Å². The van der Waals surface area contributed by atoms with E-state index in [9.17, 15) is 14.4 Å². The van der Waals surface area contributed by atoms with Gasteiger partial charge in [0.2, 0.25) is 5.91 Å². The van der Waals surface area contributed by atoms with Gasteiger partial charge in [-0.05, 0) is 97.3 Å².